The summed E-state index contributed by atoms with van der Waals surface area (Å²) in [5.41, 5.74) is 2.04. The van der Waals surface area contributed by atoms with E-state index in [1.165, 1.54) is 0 Å². The number of benzene rings is 2. The van der Waals surface area contributed by atoms with Gasteiger partial charge in [-0.2, -0.15) is 13.2 Å². The number of halogens is 3. The SMILES string of the molecule is Cc1ccc([C@H](C)NC(=O)CN(c2ccc(C(F)(F)F)cc2)S(C)(=O)=O)c(C)c1. The van der Waals surface area contributed by atoms with Crippen molar-refractivity contribution in [1.82, 2.24) is 5.32 Å². The number of hydrogen-bond acceptors (Lipinski definition) is 3. The maximum atomic E-state index is 12.7. The van der Waals surface area contributed by atoms with Crippen LogP contribution in [0.3, 0.4) is 0 Å². The van der Waals surface area contributed by atoms with Gasteiger partial charge in [0.1, 0.15) is 6.54 Å². The highest BCUT2D eigenvalue weighted by atomic mass is 32.2. The smallest absolute Gasteiger partial charge is 0.348 e. The van der Waals surface area contributed by atoms with E-state index in [2.05, 4.69) is 5.32 Å². The van der Waals surface area contributed by atoms with Gasteiger partial charge >= 0.3 is 6.18 Å². The molecule has 0 unspecified atom stereocenters. The lowest BCUT2D eigenvalue weighted by Crippen LogP contribution is -2.41. The fourth-order valence-corrected chi connectivity index (χ4v) is 3.88. The van der Waals surface area contributed by atoms with Crippen molar-refractivity contribution in [3.63, 3.8) is 0 Å². The summed E-state index contributed by atoms with van der Waals surface area (Å²) >= 11 is 0. The predicted molar refractivity (Wildman–Crippen MR) is 106 cm³/mol. The van der Waals surface area contributed by atoms with Crippen LogP contribution >= 0.6 is 0 Å². The van der Waals surface area contributed by atoms with Crippen LogP contribution in [0.4, 0.5) is 18.9 Å². The quantitative estimate of drug-likeness (QED) is 0.757. The van der Waals surface area contributed by atoms with Crippen LogP contribution < -0.4 is 9.62 Å². The van der Waals surface area contributed by atoms with Crippen molar-refractivity contribution >= 4 is 21.6 Å². The first-order chi connectivity index (χ1) is 13.3. The number of carbonyl (C=O) groups is 1. The fourth-order valence-electron chi connectivity index (χ4n) is 3.02. The number of alkyl halides is 3. The molecule has 0 bridgehead atoms. The van der Waals surface area contributed by atoms with E-state index in [0.717, 1.165) is 51.5 Å². The molecule has 1 atom stereocenters. The van der Waals surface area contributed by atoms with Gasteiger partial charge in [-0.05, 0) is 56.2 Å². The lowest BCUT2D eigenvalue weighted by molar-refractivity contribution is -0.137. The molecule has 2 aromatic rings. The molecular weight excluding hydrogens is 405 g/mol. The molecule has 5 nitrogen and oxygen atoms in total. The molecule has 2 rings (SSSR count). The summed E-state index contributed by atoms with van der Waals surface area (Å²) in [5, 5.41) is 2.74. The minimum absolute atomic E-state index is 0.0187. The number of carbonyl (C=O) groups excluding carboxylic acids is 1. The molecule has 0 fully saturated rings. The number of hydrogen-bond donors (Lipinski definition) is 1. The summed E-state index contributed by atoms with van der Waals surface area (Å²) in [6.45, 7) is 5.10. The first kappa shape index (κ1) is 22.7. The van der Waals surface area contributed by atoms with E-state index in [-0.39, 0.29) is 11.7 Å². The molecule has 0 spiro atoms. The Labute approximate surface area is 168 Å². The van der Waals surface area contributed by atoms with Gasteiger partial charge in [0.15, 0.2) is 0 Å². The highest BCUT2D eigenvalue weighted by Gasteiger charge is 2.31. The molecule has 0 saturated heterocycles. The van der Waals surface area contributed by atoms with Gasteiger partial charge in [0.2, 0.25) is 15.9 Å². The molecule has 0 aliphatic heterocycles. The molecule has 0 saturated carbocycles. The molecule has 0 heterocycles. The Hall–Kier alpha value is -2.55. The zero-order chi connectivity index (χ0) is 22.0. The van der Waals surface area contributed by atoms with E-state index in [1.807, 2.05) is 32.0 Å². The molecule has 1 amide bonds. The van der Waals surface area contributed by atoms with Crippen molar-refractivity contribution in [2.45, 2.75) is 33.0 Å². The monoisotopic (exact) mass is 428 g/mol. The number of nitrogens with one attached hydrogen (secondary N) is 1. The Morgan fingerprint density at radius 1 is 1.10 bits per heavy atom. The zero-order valence-corrected chi connectivity index (χ0v) is 17.4. The standard InChI is InChI=1S/C20H23F3N2O3S/c1-13-5-10-18(14(2)11-13)15(3)24-19(26)12-25(29(4,27)28)17-8-6-16(7-9-17)20(21,22)23/h5-11,15H,12H2,1-4H3,(H,24,26)/t15-/m0/s1. The molecule has 9 heteroatoms. The average molecular weight is 428 g/mol. The van der Waals surface area contributed by atoms with Crippen LogP contribution in [0.25, 0.3) is 0 Å². The second kappa shape index (κ2) is 8.44. The highest BCUT2D eigenvalue weighted by molar-refractivity contribution is 7.92. The number of sulfonamides is 1. The Bertz CT molecular complexity index is 987. The number of nitrogens with zero attached hydrogens (tertiary/aromatic N) is 1. The largest absolute Gasteiger partial charge is 0.416 e. The molecule has 0 aliphatic carbocycles. The normalized spacial score (nSPS) is 13.1. The topological polar surface area (TPSA) is 66.5 Å². The molecule has 158 valence electrons. The second-order valence-corrected chi connectivity index (χ2v) is 8.87. The third kappa shape index (κ3) is 5.96. The van der Waals surface area contributed by atoms with E-state index in [9.17, 15) is 26.4 Å². The van der Waals surface area contributed by atoms with Crippen molar-refractivity contribution in [2.24, 2.45) is 0 Å². The number of anilines is 1. The van der Waals surface area contributed by atoms with Crippen molar-refractivity contribution in [1.29, 1.82) is 0 Å². The van der Waals surface area contributed by atoms with E-state index < -0.39 is 34.2 Å². The summed E-state index contributed by atoms with van der Waals surface area (Å²) in [6.07, 6.45) is -3.64. The first-order valence-electron chi connectivity index (χ1n) is 8.80. The van der Waals surface area contributed by atoms with Crippen LogP contribution in [0.15, 0.2) is 42.5 Å². The third-order valence-electron chi connectivity index (χ3n) is 4.44. The van der Waals surface area contributed by atoms with Crippen LogP contribution in [0.5, 0.6) is 0 Å². The Balaban J connectivity index is 2.19. The van der Waals surface area contributed by atoms with E-state index in [1.54, 1.807) is 6.92 Å². The Kier molecular flexibility index (Phi) is 6.62. The van der Waals surface area contributed by atoms with Gasteiger partial charge in [-0.3, -0.25) is 9.10 Å². The van der Waals surface area contributed by atoms with Gasteiger partial charge < -0.3 is 5.32 Å². The van der Waals surface area contributed by atoms with Gasteiger partial charge in [0, 0.05) is 0 Å². The van der Waals surface area contributed by atoms with Crippen molar-refractivity contribution in [2.75, 3.05) is 17.1 Å². The molecule has 0 aromatic heterocycles. The Morgan fingerprint density at radius 3 is 2.17 bits per heavy atom. The van der Waals surface area contributed by atoms with Gasteiger partial charge in [0.25, 0.3) is 0 Å². The Morgan fingerprint density at radius 2 is 1.69 bits per heavy atom. The predicted octanol–water partition coefficient (Wildman–Crippen LogP) is 3.97. The van der Waals surface area contributed by atoms with Gasteiger partial charge in [-0.15, -0.1) is 0 Å². The van der Waals surface area contributed by atoms with Crippen LogP contribution in [0.1, 0.15) is 35.2 Å². The van der Waals surface area contributed by atoms with E-state index in [0.29, 0.717) is 0 Å². The molecule has 0 aliphatic rings. The zero-order valence-electron chi connectivity index (χ0n) is 16.5. The highest BCUT2D eigenvalue weighted by Crippen LogP contribution is 2.31. The third-order valence-corrected chi connectivity index (χ3v) is 5.58. The summed E-state index contributed by atoms with van der Waals surface area (Å²) in [4.78, 5) is 12.5. The lowest BCUT2D eigenvalue weighted by atomic mass is 10.0. The summed E-state index contributed by atoms with van der Waals surface area (Å²) < 4.78 is 63.2. The molecule has 29 heavy (non-hydrogen) atoms. The van der Waals surface area contributed by atoms with E-state index in [4.69, 9.17) is 0 Å². The van der Waals surface area contributed by atoms with Gasteiger partial charge in [0.05, 0.1) is 23.5 Å². The maximum absolute atomic E-state index is 12.7. The minimum Gasteiger partial charge on any atom is -0.348 e. The van der Waals surface area contributed by atoms with Crippen molar-refractivity contribution in [3.8, 4) is 0 Å². The number of rotatable bonds is 6. The summed E-state index contributed by atoms with van der Waals surface area (Å²) in [6, 6.07) is 9.04. The minimum atomic E-state index is -4.53. The first-order valence-corrected chi connectivity index (χ1v) is 10.7. The van der Waals surface area contributed by atoms with Crippen LogP contribution in [-0.4, -0.2) is 27.1 Å². The fraction of sp³-hybridized carbons (Fsp3) is 0.350. The van der Waals surface area contributed by atoms with Gasteiger partial charge in [-0.25, -0.2) is 8.42 Å². The molecule has 2 aromatic carbocycles. The number of aryl methyl sites for hydroxylation is 2. The van der Waals surface area contributed by atoms with Gasteiger partial charge in [-0.1, -0.05) is 23.8 Å². The average Bonchev–Trinajstić information content (AvgIpc) is 2.58. The molecule has 0 radical (unpaired) electrons. The van der Waals surface area contributed by atoms with Crippen LogP contribution in [0, 0.1) is 13.8 Å². The van der Waals surface area contributed by atoms with Crippen LogP contribution in [-0.2, 0) is 21.0 Å². The summed E-state index contributed by atoms with van der Waals surface area (Å²) in [7, 11) is -3.88. The van der Waals surface area contributed by atoms with Crippen molar-refractivity contribution in [3.05, 3.63) is 64.7 Å². The number of amides is 1. The molecular formula is C20H23F3N2O3S. The second-order valence-electron chi connectivity index (χ2n) is 6.96. The summed E-state index contributed by atoms with van der Waals surface area (Å²) in [5.74, 6) is -0.567. The van der Waals surface area contributed by atoms with Crippen molar-refractivity contribution < 1.29 is 26.4 Å². The maximum Gasteiger partial charge on any atom is 0.416 e. The van der Waals surface area contributed by atoms with E-state index >= 15 is 0 Å². The lowest BCUT2D eigenvalue weighted by Gasteiger charge is -2.24. The van der Waals surface area contributed by atoms with Crippen LogP contribution in [0.2, 0.25) is 0 Å². The molecule has 1 N–H and O–H groups in total.